The number of primary amides is 1. The highest BCUT2D eigenvalue weighted by Gasteiger charge is 2.19. The minimum atomic E-state index is -0.981. The van der Waals surface area contributed by atoms with Crippen molar-refractivity contribution < 1.29 is 14.3 Å². The molecule has 0 saturated carbocycles. The van der Waals surface area contributed by atoms with Crippen LogP contribution in [0.15, 0.2) is 16.6 Å². The Morgan fingerprint density at radius 2 is 2.11 bits per heavy atom. The van der Waals surface area contributed by atoms with Crippen LogP contribution < -0.4 is 21.5 Å². The van der Waals surface area contributed by atoms with Gasteiger partial charge in [0.2, 0.25) is 11.8 Å². The van der Waals surface area contributed by atoms with E-state index in [4.69, 9.17) is 16.2 Å². The second-order valence-corrected chi connectivity index (χ2v) is 4.98. The number of benzene rings is 1. The van der Waals surface area contributed by atoms with Gasteiger partial charge in [-0.25, -0.2) is 0 Å². The third kappa shape index (κ3) is 4.22. The number of anilines is 1. The summed E-state index contributed by atoms with van der Waals surface area (Å²) in [6, 6.07) is 2.57. The molecule has 0 aromatic heterocycles. The first-order valence-electron chi connectivity index (χ1n) is 5.54. The fourth-order valence-electron chi connectivity index (χ4n) is 1.56. The first-order chi connectivity index (χ1) is 8.85. The van der Waals surface area contributed by atoms with E-state index in [1.54, 1.807) is 6.07 Å². The summed E-state index contributed by atoms with van der Waals surface area (Å²) in [4.78, 5) is 22.6. The predicted octanol–water partition coefficient (Wildman–Crippen LogP) is 0.907. The Balaban J connectivity index is 2.93. The Labute approximate surface area is 119 Å². The minimum absolute atomic E-state index is 0.205. The number of carbonyl (C=O) groups excluding carboxylic acids is 2. The number of halogens is 1. The van der Waals surface area contributed by atoms with Crippen molar-refractivity contribution in [1.82, 2.24) is 0 Å². The second kappa shape index (κ2) is 6.53. The van der Waals surface area contributed by atoms with Crippen molar-refractivity contribution in [3.05, 3.63) is 22.2 Å². The molecule has 19 heavy (non-hydrogen) atoms. The van der Waals surface area contributed by atoms with E-state index < -0.39 is 17.9 Å². The maximum absolute atomic E-state index is 11.8. The van der Waals surface area contributed by atoms with Crippen LogP contribution in [-0.4, -0.2) is 25.0 Å². The lowest BCUT2D eigenvalue weighted by molar-refractivity contribution is -0.123. The zero-order valence-corrected chi connectivity index (χ0v) is 12.3. The topological polar surface area (TPSA) is 107 Å². The number of rotatable bonds is 5. The van der Waals surface area contributed by atoms with E-state index in [1.807, 2.05) is 13.0 Å². The number of nitrogens with two attached hydrogens (primary N) is 2. The van der Waals surface area contributed by atoms with Gasteiger partial charge in [-0.3, -0.25) is 9.59 Å². The van der Waals surface area contributed by atoms with Gasteiger partial charge >= 0.3 is 0 Å². The first-order valence-corrected chi connectivity index (χ1v) is 6.33. The van der Waals surface area contributed by atoms with Gasteiger partial charge in [0.25, 0.3) is 0 Å². The highest BCUT2D eigenvalue weighted by molar-refractivity contribution is 9.10. The van der Waals surface area contributed by atoms with Crippen molar-refractivity contribution >= 4 is 33.4 Å². The monoisotopic (exact) mass is 329 g/mol. The van der Waals surface area contributed by atoms with Gasteiger partial charge < -0.3 is 21.5 Å². The van der Waals surface area contributed by atoms with Crippen LogP contribution in [0.1, 0.15) is 12.0 Å². The lowest BCUT2D eigenvalue weighted by Gasteiger charge is -2.16. The number of carbonyl (C=O) groups is 2. The van der Waals surface area contributed by atoms with E-state index in [9.17, 15) is 9.59 Å². The third-order valence-corrected chi connectivity index (χ3v) is 2.95. The normalized spacial score (nSPS) is 11.8. The molecule has 0 aliphatic heterocycles. The van der Waals surface area contributed by atoms with E-state index in [0.717, 1.165) is 10.0 Å². The van der Waals surface area contributed by atoms with Crippen molar-refractivity contribution in [2.75, 3.05) is 12.4 Å². The van der Waals surface area contributed by atoms with E-state index in [2.05, 4.69) is 21.2 Å². The number of hydrogen-bond acceptors (Lipinski definition) is 4. The zero-order valence-electron chi connectivity index (χ0n) is 10.7. The second-order valence-electron chi connectivity index (χ2n) is 4.07. The van der Waals surface area contributed by atoms with Crippen molar-refractivity contribution in [1.29, 1.82) is 0 Å². The summed E-state index contributed by atoms with van der Waals surface area (Å²) >= 11 is 3.34. The molecule has 5 N–H and O–H groups in total. The Morgan fingerprint density at radius 1 is 1.47 bits per heavy atom. The Bertz CT molecular complexity index is 505. The molecule has 0 fully saturated rings. The number of nitrogens with one attached hydrogen (secondary N) is 1. The molecule has 1 rings (SSSR count). The van der Waals surface area contributed by atoms with Crippen LogP contribution in [0, 0.1) is 6.92 Å². The molecule has 1 aromatic rings. The molecule has 1 aromatic carbocycles. The molecule has 1 unspecified atom stereocenters. The fraction of sp³-hybridized carbons (Fsp3) is 0.333. The molecule has 104 valence electrons. The molecule has 0 radical (unpaired) electrons. The van der Waals surface area contributed by atoms with Crippen molar-refractivity contribution in [3.8, 4) is 5.75 Å². The zero-order chi connectivity index (χ0) is 14.6. The quantitative estimate of drug-likeness (QED) is 0.746. The number of methoxy groups -OCH3 is 1. The summed E-state index contributed by atoms with van der Waals surface area (Å²) in [5, 5.41) is 2.64. The summed E-state index contributed by atoms with van der Waals surface area (Å²) < 4.78 is 6.03. The van der Waals surface area contributed by atoms with Crippen molar-refractivity contribution in [3.63, 3.8) is 0 Å². The van der Waals surface area contributed by atoms with Crippen LogP contribution in [0.5, 0.6) is 5.75 Å². The Morgan fingerprint density at radius 3 is 2.63 bits per heavy atom. The number of ether oxygens (including phenoxy) is 1. The van der Waals surface area contributed by atoms with E-state index >= 15 is 0 Å². The van der Waals surface area contributed by atoms with Crippen molar-refractivity contribution in [2.45, 2.75) is 19.4 Å². The SMILES string of the molecule is COc1cc(Br)cc(C)c1NC(=O)C(N)CC(N)=O. The largest absolute Gasteiger partial charge is 0.495 e. The molecule has 6 nitrogen and oxygen atoms in total. The lowest BCUT2D eigenvalue weighted by atomic mass is 10.1. The van der Waals surface area contributed by atoms with E-state index in [0.29, 0.717) is 11.4 Å². The Hall–Kier alpha value is -1.60. The van der Waals surface area contributed by atoms with E-state index in [1.165, 1.54) is 7.11 Å². The highest BCUT2D eigenvalue weighted by atomic mass is 79.9. The molecule has 0 spiro atoms. The average Bonchev–Trinajstić information content (AvgIpc) is 2.30. The van der Waals surface area contributed by atoms with Gasteiger partial charge in [-0.2, -0.15) is 0 Å². The first kappa shape index (κ1) is 15.5. The maximum atomic E-state index is 11.8. The molecule has 0 heterocycles. The van der Waals surface area contributed by atoms with Gasteiger partial charge in [-0.05, 0) is 24.6 Å². The van der Waals surface area contributed by atoms with Crippen LogP contribution in [0.4, 0.5) is 5.69 Å². The Kier molecular flexibility index (Phi) is 5.31. The van der Waals surface area contributed by atoms with Gasteiger partial charge in [-0.15, -0.1) is 0 Å². The third-order valence-electron chi connectivity index (χ3n) is 2.49. The summed E-state index contributed by atoms with van der Waals surface area (Å²) in [5.41, 5.74) is 11.9. The van der Waals surface area contributed by atoms with Gasteiger partial charge in [-0.1, -0.05) is 15.9 Å². The maximum Gasteiger partial charge on any atom is 0.241 e. The lowest BCUT2D eigenvalue weighted by Crippen LogP contribution is -2.39. The fourth-order valence-corrected chi connectivity index (χ4v) is 2.11. The average molecular weight is 330 g/mol. The summed E-state index contributed by atoms with van der Waals surface area (Å²) in [6.45, 7) is 1.82. The molecule has 0 aliphatic rings. The molecule has 1 atom stereocenters. The van der Waals surface area contributed by atoms with Gasteiger partial charge in [0, 0.05) is 4.47 Å². The summed E-state index contributed by atoms with van der Waals surface area (Å²) in [5.74, 6) is -0.601. The highest BCUT2D eigenvalue weighted by Crippen LogP contribution is 2.32. The molecular formula is C12H16BrN3O3. The van der Waals surface area contributed by atoms with E-state index in [-0.39, 0.29) is 6.42 Å². The van der Waals surface area contributed by atoms with Crippen LogP contribution in [-0.2, 0) is 9.59 Å². The summed E-state index contributed by atoms with van der Waals surface area (Å²) in [6.07, 6.45) is -0.205. The molecule has 0 aliphatic carbocycles. The smallest absolute Gasteiger partial charge is 0.241 e. The van der Waals surface area contributed by atoms with Crippen LogP contribution in [0.25, 0.3) is 0 Å². The van der Waals surface area contributed by atoms with Crippen LogP contribution >= 0.6 is 15.9 Å². The standard InChI is InChI=1S/C12H16BrN3O3/c1-6-3-7(13)4-9(19-2)11(6)16-12(18)8(14)5-10(15)17/h3-4,8H,5,14H2,1-2H3,(H2,15,17)(H,16,18). The molecule has 2 amide bonds. The van der Waals surface area contributed by atoms with Crippen LogP contribution in [0.2, 0.25) is 0 Å². The predicted molar refractivity (Wildman–Crippen MR) is 75.8 cm³/mol. The number of amides is 2. The molecule has 7 heteroatoms. The van der Waals surface area contributed by atoms with Gasteiger partial charge in [0.1, 0.15) is 5.75 Å². The number of hydrogen-bond donors (Lipinski definition) is 3. The number of aryl methyl sites for hydroxylation is 1. The van der Waals surface area contributed by atoms with Crippen LogP contribution in [0.3, 0.4) is 0 Å². The van der Waals surface area contributed by atoms with Gasteiger partial charge in [0.15, 0.2) is 0 Å². The molecule has 0 bridgehead atoms. The summed E-state index contributed by atoms with van der Waals surface area (Å²) in [7, 11) is 1.50. The van der Waals surface area contributed by atoms with Crippen molar-refractivity contribution in [2.24, 2.45) is 11.5 Å². The van der Waals surface area contributed by atoms with Gasteiger partial charge in [0.05, 0.1) is 25.3 Å². The molecular weight excluding hydrogens is 314 g/mol. The molecule has 0 saturated heterocycles. The minimum Gasteiger partial charge on any atom is -0.495 e.